The third kappa shape index (κ3) is 5.73. The maximum atomic E-state index is 11.3. The van der Waals surface area contributed by atoms with Crippen LogP contribution in [0.25, 0.3) is 0 Å². The lowest BCUT2D eigenvalue weighted by Crippen LogP contribution is -2.39. The van der Waals surface area contributed by atoms with Gasteiger partial charge in [-0.05, 0) is 13.3 Å². The van der Waals surface area contributed by atoms with E-state index in [1.165, 1.54) is 0 Å². The van der Waals surface area contributed by atoms with E-state index in [4.69, 9.17) is 0 Å². The van der Waals surface area contributed by atoms with Gasteiger partial charge >= 0.3 is 0 Å². The summed E-state index contributed by atoms with van der Waals surface area (Å²) in [5, 5.41) is 0. The van der Waals surface area contributed by atoms with Crippen molar-refractivity contribution in [2.24, 2.45) is 0 Å². The summed E-state index contributed by atoms with van der Waals surface area (Å²) in [7, 11) is 0. The van der Waals surface area contributed by atoms with E-state index < -0.39 is 0 Å². The van der Waals surface area contributed by atoms with E-state index >= 15 is 0 Å². The van der Waals surface area contributed by atoms with E-state index in [-0.39, 0.29) is 11.8 Å². The Morgan fingerprint density at radius 3 is 1.75 bits per heavy atom. The molecule has 0 spiro atoms. The summed E-state index contributed by atoms with van der Waals surface area (Å²) in [4.78, 5) is 26.1. The lowest BCUT2D eigenvalue weighted by atomic mass is 10.3. The third-order valence-corrected chi connectivity index (χ3v) is 2.69. The maximum absolute atomic E-state index is 11.3. The summed E-state index contributed by atoms with van der Waals surface area (Å²) < 4.78 is 0. The number of carbonyl (C=O) groups excluding carboxylic acids is 2. The van der Waals surface area contributed by atoms with E-state index in [9.17, 15) is 9.59 Å². The first kappa shape index (κ1) is 14.9. The molecule has 4 nitrogen and oxygen atoms in total. The molecule has 0 saturated heterocycles. The Morgan fingerprint density at radius 2 is 1.38 bits per heavy atom. The molecular weight excluding hydrogens is 204 g/mol. The highest BCUT2D eigenvalue weighted by atomic mass is 16.2. The number of likely N-dealkylation sites (N-methyl/N-ethyl adjacent to an activating group) is 1. The summed E-state index contributed by atoms with van der Waals surface area (Å²) in [5.74, 6) is 0.162. The van der Waals surface area contributed by atoms with Gasteiger partial charge in [-0.15, -0.1) is 0 Å². The van der Waals surface area contributed by atoms with Gasteiger partial charge in [0, 0.05) is 40.0 Å². The second-order valence-electron chi connectivity index (χ2n) is 3.96. The Kier molecular flexibility index (Phi) is 7.60. The molecule has 0 unspecified atom stereocenters. The average molecular weight is 228 g/mol. The Bertz CT molecular complexity index is 229. The topological polar surface area (TPSA) is 40.6 Å². The minimum Gasteiger partial charge on any atom is -0.341 e. The molecule has 0 atom stereocenters. The molecule has 0 aliphatic heterocycles. The Labute approximate surface area is 98.6 Å². The molecular formula is C12H24N2O2. The molecule has 0 heterocycles. The van der Waals surface area contributed by atoms with Gasteiger partial charge in [0.15, 0.2) is 0 Å². The smallest absolute Gasteiger partial charge is 0.219 e. The molecule has 94 valence electrons. The minimum atomic E-state index is 0.0708. The molecule has 0 N–H and O–H groups in total. The lowest BCUT2D eigenvalue weighted by molar-refractivity contribution is -0.132. The second kappa shape index (κ2) is 8.13. The predicted molar refractivity (Wildman–Crippen MR) is 65.1 cm³/mol. The molecule has 0 aromatic carbocycles. The van der Waals surface area contributed by atoms with E-state index in [0.29, 0.717) is 19.6 Å². The van der Waals surface area contributed by atoms with Crippen LogP contribution in [-0.4, -0.2) is 47.8 Å². The summed E-state index contributed by atoms with van der Waals surface area (Å²) in [6.07, 6.45) is 2.10. The van der Waals surface area contributed by atoms with E-state index in [1.54, 1.807) is 18.7 Å². The highest BCUT2D eigenvalue weighted by molar-refractivity contribution is 5.74. The van der Waals surface area contributed by atoms with Crippen molar-refractivity contribution in [3.05, 3.63) is 0 Å². The zero-order chi connectivity index (χ0) is 12.6. The monoisotopic (exact) mass is 228 g/mol. The molecule has 0 radical (unpaired) electrons. The van der Waals surface area contributed by atoms with Crippen LogP contribution in [0.3, 0.4) is 0 Å². The SMILES string of the molecule is CCCCN(CCN(CC)C(C)=O)C(C)=O. The fourth-order valence-corrected chi connectivity index (χ4v) is 1.56. The van der Waals surface area contributed by atoms with Crippen LogP contribution in [0.1, 0.15) is 40.5 Å². The van der Waals surface area contributed by atoms with E-state index in [1.807, 2.05) is 11.8 Å². The summed E-state index contributed by atoms with van der Waals surface area (Å²) in [5.41, 5.74) is 0. The third-order valence-electron chi connectivity index (χ3n) is 2.69. The second-order valence-corrected chi connectivity index (χ2v) is 3.96. The maximum Gasteiger partial charge on any atom is 0.219 e. The van der Waals surface area contributed by atoms with Gasteiger partial charge in [-0.3, -0.25) is 9.59 Å². The van der Waals surface area contributed by atoms with Gasteiger partial charge in [-0.25, -0.2) is 0 Å². The molecule has 0 fully saturated rings. The first-order valence-electron chi connectivity index (χ1n) is 6.03. The predicted octanol–water partition coefficient (Wildman–Crippen LogP) is 1.50. The first-order valence-corrected chi connectivity index (χ1v) is 6.03. The minimum absolute atomic E-state index is 0.0708. The normalized spacial score (nSPS) is 10.0. The van der Waals surface area contributed by atoms with Gasteiger partial charge in [0.2, 0.25) is 11.8 Å². The Balaban J connectivity index is 4.09. The average Bonchev–Trinajstić information content (AvgIpc) is 2.22. The van der Waals surface area contributed by atoms with Crippen LogP contribution in [0.5, 0.6) is 0 Å². The highest BCUT2D eigenvalue weighted by Gasteiger charge is 2.11. The molecule has 0 aromatic heterocycles. The van der Waals surface area contributed by atoms with Crippen LogP contribution in [0.4, 0.5) is 0 Å². The largest absolute Gasteiger partial charge is 0.341 e. The molecule has 0 aliphatic carbocycles. The number of unbranched alkanes of at least 4 members (excludes halogenated alkanes) is 1. The lowest BCUT2D eigenvalue weighted by Gasteiger charge is -2.25. The van der Waals surface area contributed by atoms with Gasteiger partial charge in [0.1, 0.15) is 0 Å². The summed E-state index contributed by atoms with van der Waals surface area (Å²) in [6.45, 7) is 9.97. The number of nitrogens with zero attached hydrogens (tertiary/aromatic N) is 2. The van der Waals surface area contributed by atoms with Gasteiger partial charge in [-0.1, -0.05) is 13.3 Å². The molecule has 0 saturated carbocycles. The Hall–Kier alpha value is -1.06. The van der Waals surface area contributed by atoms with E-state index in [2.05, 4.69) is 6.92 Å². The number of hydrogen-bond acceptors (Lipinski definition) is 2. The number of amides is 2. The molecule has 0 aliphatic rings. The molecule has 0 rings (SSSR count). The van der Waals surface area contributed by atoms with E-state index in [0.717, 1.165) is 19.4 Å². The molecule has 2 amide bonds. The fourth-order valence-electron chi connectivity index (χ4n) is 1.56. The standard InChI is InChI=1S/C12H24N2O2/c1-5-7-8-14(12(4)16)10-9-13(6-2)11(3)15/h5-10H2,1-4H3. The van der Waals surface area contributed by atoms with Crippen LogP contribution >= 0.6 is 0 Å². The Morgan fingerprint density at radius 1 is 0.875 bits per heavy atom. The molecule has 16 heavy (non-hydrogen) atoms. The molecule has 4 heteroatoms. The molecule has 0 bridgehead atoms. The van der Waals surface area contributed by atoms with Crippen molar-refractivity contribution in [3.63, 3.8) is 0 Å². The van der Waals surface area contributed by atoms with Gasteiger partial charge < -0.3 is 9.80 Å². The van der Waals surface area contributed by atoms with Crippen molar-refractivity contribution in [1.82, 2.24) is 9.80 Å². The van der Waals surface area contributed by atoms with Gasteiger partial charge in [0.05, 0.1) is 0 Å². The van der Waals surface area contributed by atoms with Crippen LogP contribution in [0.2, 0.25) is 0 Å². The van der Waals surface area contributed by atoms with Crippen molar-refractivity contribution in [1.29, 1.82) is 0 Å². The van der Waals surface area contributed by atoms with Crippen LogP contribution in [0, 0.1) is 0 Å². The highest BCUT2D eigenvalue weighted by Crippen LogP contribution is 1.98. The summed E-state index contributed by atoms with van der Waals surface area (Å²) in [6, 6.07) is 0. The van der Waals surface area contributed by atoms with Crippen molar-refractivity contribution in [2.75, 3.05) is 26.2 Å². The fraction of sp³-hybridized carbons (Fsp3) is 0.833. The number of hydrogen-bond donors (Lipinski definition) is 0. The van der Waals surface area contributed by atoms with Gasteiger partial charge in [0.25, 0.3) is 0 Å². The quantitative estimate of drug-likeness (QED) is 0.662. The molecule has 0 aromatic rings. The number of carbonyl (C=O) groups is 2. The van der Waals surface area contributed by atoms with Crippen molar-refractivity contribution in [2.45, 2.75) is 40.5 Å². The summed E-state index contributed by atoms with van der Waals surface area (Å²) >= 11 is 0. The van der Waals surface area contributed by atoms with Crippen LogP contribution in [-0.2, 0) is 9.59 Å². The van der Waals surface area contributed by atoms with Crippen LogP contribution < -0.4 is 0 Å². The first-order chi connectivity index (χ1) is 7.52. The van der Waals surface area contributed by atoms with Gasteiger partial charge in [-0.2, -0.15) is 0 Å². The number of rotatable bonds is 7. The zero-order valence-electron chi connectivity index (χ0n) is 11.0. The van der Waals surface area contributed by atoms with Crippen molar-refractivity contribution in [3.8, 4) is 0 Å². The zero-order valence-corrected chi connectivity index (χ0v) is 11.0. The van der Waals surface area contributed by atoms with Crippen molar-refractivity contribution >= 4 is 11.8 Å². The van der Waals surface area contributed by atoms with Crippen molar-refractivity contribution < 1.29 is 9.59 Å². The van der Waals surface area contributed by atoms with Crippen LogP contribution in [0.15, 0.2) is 0 Å².